The maximum atomic E-state index is 12.3. The summed E-state index contributed by atoms with van der Waals surface area (Å²) in [5.41, 5.74) is 0.210. The number of fused-ring (bicyclic) bond motifs is 1. The molecule has 0 aromatic heterocycles. The molecule has 0 saturated heterocycles. The lowest BCUT2D eigenvalue weighted by Crippen LogP contribution is -2.41. The average Bonchev–Trinajstić information content (AvgIpc) is 2.66. The van der Waals surface area contributed by atoms with Crippen molar-refractivity contribution in [3.8, 4) is 0 Å². The average molecular weight is 454 g/mol. The van der Waals surface area contributed by atoms with Gasteiger partial charge in [0, 0.05) is 36.2 Å². The van der Waals surface area contributed by atoms with Crippen LogP contribution < -0.4 is 0 Å². The molecule has 0 unspecified atom stereocenters. The molecule has 0 bridgehead atoms. The van der Waals surface area contributed by atoms with E-state index in [1.165, 1.54) is 18.2 Å². The number of alkyl halides is 1. The lowest BCUT2D eigenvalue weighted by Gasteiger charge is -2.27. The summed E-state index contributed by atoms with van der Waals surface area (Å²) in [5.74, 6) is 0.133. The van der Waals surface area contributed by atoms with Gasteiger partial charge >= 0.3 is 0 Å². The molecule has 0 N–H and O–H groups in total. The Bertz CT molecular complexity index is 706. The van der Waals surface area contributed by atoms with Crippen molar-refractivity contribution >= 4 is 39.0 Å². The van der Waals surface area contributed by atoms with Gasteiger partial charge in [-0.05, 0) is 45.4 Å². The van der Waals surface area contributed by atoms with Gasteiger partial charge in [0.15, 0.2) is 12.1 Å². The van der Waals surface area contributed by atoms with Crippen molar-refractivity contribution in [1.82, 2.24) is 4.31 Å². The summed E-state index contributed by atoms with van der Waals surface area (Å²) in [6, 6.07) is 4.29. The largest absolute Gasteiger partial charge is 0.353 e. The minimum atomic E-state index is -3.64. The number of rotatable bonds is 7. The highest BCUT2D eigenvalue weighted by molar-refractivity contribution is 7.89. The first kappa shape index (κ1) is 27.0. The Balaban J connectivity index is 0.000000618. The number of nitrogens with zero attached hydrogens (tertiary/aromatic N) is 1. The van der Waals surface area contributed by atoms with E-state index >= 15 is 0 Å². The fraction of sp³-hybridized carbons (Fsp3) is 0.526. The lowest BCUT2D eigenvalue weighted by molar-refractivity contribution is -0.123. The van der Waals surface area contributed by atoms with Gasteiger partial charge in [-0.3, -0.25) is 4.79 Å². The van der Waals surface area contributed by atoms with Crippen LogP contribution in [0.1, 0.15) is 37.6 Å². The van der Waals surface area contributed by atoms with Gasteiger partial charge in [-0.2, -0.15) is 4.31 Å². The van der Waals surface area contributed by atoms with Gasteiger partial charge in [0.05, 0.1) is 11.4 Å². The molecule has 0 fully saturated rings. The number of hydrogen-bond acceptors (Lipinski definition) is 5. The van der Waals surface area contributed by atoms with E-state index in [1.807, 2.05) is 20.8 Å². The molecule has 1 aromatic carbocycles. The maximum Gasteiger partial charge on any atom is 0.244 e. The predicted octanol–water partition coefficient (Wildman–Crippen LogP) is 4.36. The van der Waals surface area contributed by atoms with Crippen molar-refractivity contribution in [2.75, 3.05) is 32.2 Å². The number of carbonyl (C=O) groups is 1. The molecule has 1 heterocycles. The van der Waals surface area contributed by atoms with Crippen LogP contribution in [0.25, 0.3) is 0 Å². The zero-order valence-electron chi connectivity index (χ0n) is 16.6. The second-order valence-corrected chi connectivity index (χ2v) is 8.14. The van der Waals surface area contributed by atoms with Crippen LogP contribution >= 0.6 is 23.2 Å². The normalized spacial score (nSPS) is 15.1. The predicted molar refractivity (Wildman–Crippen MR) is 114 cm³/mol. The fourth-order valence-corrected chi connectivity index (χ4v) is 4.39. The number of ketones is 1. The molecule has 0 spiro atoms. The van der Waals surface area contributed by atoms with Crippen LogP contribution in [0.5, 0.6) is 0 Å². The van der Waals surface area contributed by atoms with Crippen LogP contribution in [0, 0.1) is 0 Å². The summed E-state index contributed by atoms with van der Waals surface area (Å²) in [7, 11) is -3.64. The first-order valence-corrected chi connectivity index (χ1v) is 11.2. The van der Waals surface area contributed by atoms with Gasteiger partial charge in [0.1, 0.15) is 0 Å². The van der Waals surface area contributed by atoms with E-state index in [0.29, 0.717) is 17.3 Å². The van der Waals surface area contributed by atoms with Crippen molar-refractivity contribution in [2.24, 2.45) is 0 Å². The van der Waals surface area contributed by atoms with E-state index in [-0.39, 0.29) is 35.6 Å². The number of hydrogen-bond donors (Lipinski definition) is 0. The highest BCUT2D eigenvalue weighted by atomic mass is 35.5. The smallest absolute Gasteiger partial charge is 0.244 e. The number of ether oxygens (including phenoxy) is 2. The molecule has 2 rings (SSSR count). The van der Waals surface area contributed by atoms with Gasteiger partial charge in [0.2, 0.25) is 10.0 Å². The van der Waals surface area contributed by atoms with Gasteiger partial charge < -0.3 is 9.47 Å². The van der Waals surface area contributed by atoms with Crippen LogP contribution in [0.2, 0.25) is 5.02 Å². The third-order valence-electron chi connectivity index (χ3n) is 3.53. The van der Waals surface area contributed by atoms with Gasteiger partial charge in [-0.25, -0.2) is 8.42 Å². The van der Waals surface area contributed by atoms with Crippen molar-refractivity contribution in [1.29, 1.82) is 0 Å². The molecule has 160 valence electrons. The molecule has 0 saturated carbocycles. The summed E-state index contributed by atoms with van der Waals surface area (Å²) in [6.45, 7) is 13.4. The van der Waals surface area contributed by atoms with E-state index in [9.17, 15) is 13.2 Å². The second-order valence-electron chi connectivity index (χ2n) is 5.42. The SMILES string of the molecule is C=C.CCOC(C)OCC.O=C1CN(CCCCl)S(=O)(=O)c2cc(Cl)ccc21. The van der Waals surface area contributed by atoms with Crippen molar-refractivity contribution in [3.05, 3.63) is 41.9 Å². The van der Waals surface area contributed by atoms with Gasteiger partial charge in [0.25, 0.3) is 0 Å². The van der Waals surface area contributed by atoms with E-state index in [4.69, 9.17) is 32.7 Å². The molecule has 1 aliphatic rings. The molecule has 0 atom stereocenters. The van der Waals surface area contributed by atoms with Crippen molar-refractivity contribution < 1.29 is 22.7 Å². The van der Waals surface area contributed by atoms with E-state index in [0.717, 1.165) is 17.5 Å². The molecular weight excluding hydrogens is 425 g/mol. The van der Waals surface area contributed by atoms with E-state index in [2.05, 4.69) is 13.2 Å². The summed E-state index contributed by atoms with van der Waals surface area (Å²) in [5, 5.41) is 0.296. The molecule has 1 aliphatic heterocycles. The second kappa shape index (κ2) is 14.1. The van der Waals surface area contributed by atoms with Crippen LogP contribution in [0.15, 0.2) is 36.3 Å². The summed E-state index contributed by atoms with van der Waals surface area (Å²) in [6.07, 6.45) is 0.467. The third kappa shape index (κ3) is 8.19. The molecule has 6 nitrogen and oxygen atoms in total. The first-order valence-electron chi connectivity index (χ1n) is 8.89. The Morgan fingerprint density at radius 2 is 1.79 bits per heavy atom. The monoisotopic (exact) mass is 453 g/mol. The molecular formula is C19H29Cl2NO5S. The molecule has 28 heavy (non-hydrogen) atoms. The summed E-state index contributed by atoms with van der Waals surface area (Å²) in [4.78, 5) is 11.9. The third-order valence-corrected chi connectivity index (χ3v) is 5.91. The quantitative estimate of drug-likeness (QED) is 0.348. The van der Waals surface area contributed by atoms with Crippen molar-refractivity contribution in [2.45, 2.75) is 38.4 Å². The minimum Gasteiger partial charge on any atom is -0.353 e. The lowest BCUT2D eigenvalue weighted by atomic mass is 10.1. The van der Waals surface area contributed by atoms with Crippen LogP contribution in [0.3, 0.4) is 0 Å². The Hall–Kier alpha value is -0.960. The molecule has 0 amide bonds. The summed E-state index contributed by atoms with van der Waals surface area (Å²) >= 11 is 11.3. The van der Waals surface area contributed by atoms with E-state index in [1.54, 1.807) is 0 Å². The molecule has 0 radical (unpaired) electrons. The van der Waals surface area contributed by atoms with Crippen LogP contribution in [-0.2, 0) is 19.5 Å². The highest BCUT2D eigenvalue weighted by Crippen LogP contribution is 2.28. The standard InChI is InChI=1S/C11H11Cl2NO3S.C6H14O2.C2H4/c12-4-1-5-14-7-10(15)9-3-2-8(13)6-11(9)18(14,16)17;1-4-7-6(3)8-5-2;1-2/h2-3,6H,1,4-5,7H2;6H,4-5H2,1-3H3;1-2H2. The topological polar surface area (TPSA) is 72.9 Å². The molecule has 0 aliphatic carbocycles. The zero-order chi connectivity index (χ0) is 21.7. The first-order chi connectivity index (χ1) is 13.3. The van der Waals surface area contributed by atoms with Crippen LogP contribution in [0.4, 0.5) is 0 Å². The highest BCUT2D eigenvalue weighted by Gasteiger charge is 2.35. The summed E-state index contributed by atoms with van der Waals surface area (Å²) < 4.78 is 35.8. The van der Waals surface area contributed by atoms with Crippen molar-refractivity contribution in [3.63, 3.8) is 0 Å². The zero-order valence-corrected chi connectivity index (χ0v) is 18.9. The molecule has 1 aromatic rings. The number of benzene rings is 1. The Labute approximate surface area is 178 Å². The number of halogens is 2. The number of Topliss-reactive ketones (excluding diaryl/α,β-unsaturated/α-hetero) is 1. The fourth-order valence-electron chi connectivity index (χ4n) is 2.36. The minimum absolute atomic E-state index is 0.0131. The Kier molecular flexibility index (Phi) is 13.6. The Morgan fingerprint density at radius 1 is 1.21 bits per heavy atom. The van der Waals surface area contributed by atoms with Gasteiger partial charge in [-0.15, -0.1) is 24.8 Å². The van der Waals surface area contributed by atoms with E-state index < -0.39 is 10.0 Å². The number of sulfonamides is 1. The molecule has 9 heteroatoms. The maximum absolute atomic E-state index is 12.3. The Morgan fingerprint density at radius 3 is 2.29 bits per heavy atom. The van der Waals surface area contributed by atoms with Gasteiger partial charge in [-0.1, -0.05) is 11.6 Å². The number of carbonyl (C=O) groups excluding carboxylic acids is 1. The van der Waals surface area contributed by atoms with Crippen LogP contribution in [-0.4, -0.2) is 57.0 Å².